The summed E-state index contributed by atoms with van der Waals surface area (Å²) in [6.07, 6.45) is 6.94. The number of rotatable bonds is 1. The molecule has 0 amide bonds. The van der Waals surface area contributed by atoms with E-state index < -0.39 is 10.7 Å². The average molecular weight is 171 g/mol. The van der Waals surface area contributed by atoms with E-state index in [4.69, 9.17) is 16.3 Å². The van der Waals surface area contributed by atoms with E-state index >= 15 is 0 Å². The maximum atomic E-state index is 11.1. The van der Waals surface area contributed by atoms with Crippen LogP contribution < -0.4 is 0 Å². The van der Waals surface area contributed by atoms with Crippen LogP contribution in [0.5, 0.6) is 0 Å². The summed E-state index contributed by atoms with van der Waals surface area (Å²) < 4.78 is 5.16. The Labute approximate surface area is 69.5 Å². The maximum absolute atomic E-state index is 11.1. The predicted octanol–water partition coefficient (Wildman–Crippen LogP) is 1.41. The SMILES string of the molecule is CC(=O)C12C=CC=CC1(Cl)O2. The molecule has 58 valence electrons. The number of epoxide rings is 1. The van der Waals surface area contributed by atoms with Gasteiger partial charge in [-0.25, -0.2) is 0 Å². The van der Waals surface area contributed by atoms with Gasteiger partial charge in [0.2, 0.25) is 5.06 Å². The molecule has 0 bridgehead atoms. The molecule has 1 aliphatic heterocycles. The number of halogens is 1. The molecular formula is C8H7ClO2. The van der Waals surface area contributed by atoms with Gasteiger partial charge in [-0.2, -0.15) is 0 Å². The van der Waals surface area contributed by atoms with Gasteiger partial charge in [0.05, 0.1) is 0 Å². The summed E-state index contributed by atoms with van der Waals surface area (Å²) in [6, 6.07) is 0. The molecular weight excluding hydrogens is 164 g/mol. The van der Waals surface area contributed by atoms with Crippen LogP contribution in [0.4, 0.5) is 0 Å². The molecule has 0 aromatic carbocycles. The minimum Gasteiger partial charge on any atom is -0.329 e. The molecule has 2 rings (SSSR count). The van der Waals surface area contributed by atoms with Crippen LogP contribution in [0, 0.1) is 0 Å². The molecule has 2 nitrogen and oxygen atoms in total. The van der Waals surface area contributed by atoms with Crippen LogP contribution in [-0.4, -0.2) is 16.4 Å². The zero-order valence-corrected chi connectivity index (χ0v) is 6.76. The van der Waals surface area contributed by atoms with E-state index in [0.717, 1.165) is 0 Å². The highest BCUT2D eigenvalue weighted by atomic mass is 35.5. The van der Waals surface area contributed by atoms with Gasteiger partial charge in [-0.05, 0) is 19.1 Å². The maximum Gasteiger partial charge on any atom is 0.202 e. The molecule has 0 N–H and O–H groups in total. The van der Waals surface area contributed by atoms with Crippen molar-refractivity contribution in [3.8, 4) is 0 Å². The Morgan fingerprint density at radius 1 is 1.45 bits per heavy atom. The quantitative estimate of drug-likeness (QED) is 0.440. The number of hydrogen-bond donors (Lipinski definition) is 0. The Bertz CT molecular complexity index is 282. The number of carbonyl (C=O) groups excluding carboxylic acids is 1. The summed E-state index contributed by atoms with van der Waals surface area (Å²) in [4.78, 5) is 11.1. The van der Waals surface area contributed by atoms with E-state index in [1.54, 1.807) is 24.3 Å². The Hall–Kier alpha value is -0.600. The zero-order chi connectivity index (χ0) is 8.11. The van der Waals surface area contributed by atoms with Gasteiger partial charge < -0.3 is 4.74 Å². The van der Waals surface area contributed by atoms with E-state index in [1.807, 2.05) is 0 Å². The first-order valence-electron chi connectivity index (χ1n) is 3.38. The van der Waals surface area contributed by atoms with E-state index in [1.165, 1.54) is 6.92 Å². The fourth-order valence-corrected chi connectivity index (χ4v) is 1.70. The van der Waals surface area contributed by atoms with Crippen LogP contribution in [0.15, 0.2) is 24.3 Å². The second kappa shape index (κ2) is 1.76. The molecule has 0 saturated carbocycles. The average Bonchev–Trinajstić information content (AvgIpc) is 2.56. The highest BCUT2D eigenvalue weighted by molar-refractivity contribution is 6.30. The number of ketones is 1. The first-order chi connectivity index (χ1) is 5.11. The van der Waals surface area contributed by atoms with Crippen LogP contribution in [0.1, 0.15) is 6.92 Å². The Morgan fingerprint density at radius 3 is 2.55 bits per heavy atom. The lowest BCUT2D eigenvalue weighted by atomic mass is 9.96. The van der Waals surface area contributed by atoms with Crippen LogP contribution in [-0.2, 0) is 9.53 Å². The van der Waals surface area contributed by atoms with Crippen LogP contribution in [0.3, 0.4) is 0 Å². The molecule has 0 radical (unpaired) electrons. The fourth-order valence-electron chi connectivity index (χ4n) is 1.31. The second-order valence-electron chi connectivity index (χ2n) is 2.76. The van der Waals surface area contributed by atoms with Crippen molar-refractivity contribution in [1.82, 2.24) is 0 Å². The third kappa shape index (κ3) is 0.686. The van der Waals surface area contributed by atoms with Gasteiger partial charge in [-0.3, -0.25) is 4.79 Å². The van der Waals surface area contributed by atoms with Gasteiger partial charge in [0.25, 0.3) is 0 Å². The van der Waals surface area contributed by atoms with Gasteiger partial charge in [-0.15, -0.1) is 0 Å². The number of alkyl halides is 1. The van der Waals surface area contributed by atoms with Crippen LogP contribution in [0.2, 0.25) is 0 Å². The van der Waals surface area contributed by atoms with Crippen molar-refractivity contribution in [1.29, 1.82) is 0 Å². The lowest BCUT2D eigenvalue weighted by molar-refractivity contribution is -0.120. The second-order valence-corrected chi connectivity index (χ2v) is 3.32. The van der Waals surface area contributed by atoms with Crippen LogP contribution in [0.25, 0.3) is 0 Å². The van der Waals surface area contributed by atoms with Gasteiger partial charge in [0.15, 0.2) is 11.4 Å². The Balaban J connectivity index is 2.41. The Morgan fingerprint density at radius 2 is 2.09 bits per heavy atom. The molecule has 11 heavy (non-hydrogen) atoms. The normalized spacial score (nSPS) is 45.3. The van der Waals surface area contributed by atoms with Crippen molar-refractivity contribution in [3.05, 3.63) is 24.3 Å². The summed E-state index contributed by atoms with van der Waals surface area (Å²) in [5.41, 5.74) is -0.858. The van der Waals surface area contributed by atoms with Gasteiger partial charge >= 0.3 is 0 Å². The van der Waals surface area contributed by atoms with Crippen molar-refractivity contribution in [3.63, 3.8) is 0 Å². The summed E-state index contributed by atoms with van der Waals surface area (Å²) >= 11 is 5.92. The zero-order valence-electron chi connectivity index (χ0n) is 6.00. The number of allylic oxidation sites excluding steroid dienone is 2. The summed E-state index contributed by atoms with van der Waals surface area (Å²) in [5.74, 6) is -0.0481. The van der Waals surface area contributed by atoms with Gasteiger partial charge in [-0.1, -0.05) is 23.8 Å². The summed E-state index contributed by atoms with van der Waals surface area (Å²) in [5, 5.41) is -0.881. The Kier molecular flexibility index (Phi) is 1.13. The molecule has 1 fully saturated rings. The number of ether oxygens (including phenoxy) is 1. The lowest BCUT2D eigenvalue weighted by Gasteiger charge is -2.06. The van der Waals surface area contributed by atoms with E-state index in [0.29, 0.717) is 0 Å². The molecule has 0 aromatic heterocycles. The highest BCUT2D eigenvalue weighted by Crippen LogP contribution is 2.55. The number of fused-ring (bicyclic) bond motifs is 1. The highest BCUT2D eigenvalue weighted by Gasteiger charge is 2.70. The third-order valence-corrected chi connectivity index (χ3v) is 2.53. The van der Waals surface area contributed by atoms with Crippen molar-refractivity contribution in [2.24, 2.45) is 0 Å². The smallest absolute Gasteiger partial charge is 0.202 e. The molecule has 0 spiro atoms. The molecule has 1 heterocycles. The topological polar surface area (TPSA) is 29.6 Å². The van der Waals surface area contributed by atoms with E-state index in [-0.39, 0.29) is 5.78 Å². The summed E-state index contributed by atoms with van der Waals surface area (Å²) in [6.45, 7) is 1.48. The van der Waals surface area contributed by atoms with Crippen molar-refractivity contribution in [2.75, 3.05) is 0 Å². The third-order valence-electron chi connectivity index (χ3n) is 2.05. The fraction of sp³-hybridized carbons (Fsp3) is 0.375. The number of hydrogen-bond acceptors (Lipinski definition) is 2. The molecule has 2 atom stereocenters. The minimum atomic E-state index is -0.881. The first-order valence-corrected chi connectivity index (χ1v) is 3.76. The standard InChI is InChI=1S/C8H7ClO2/c1-6(10)7-4-2-3-5-8(7,9)11-7/h2-5H,1H3. The first kappa shape index (κ1) is 7.07. The monoisotopic (exact) mass is 170 g/mol. The van der Waals surface area contributed by atoms with Gasteiger partial charge in [0.1, 0.15) is 0 Å². The van der Waals surface area contributed by atoms with Crippen LogP contribution >= 0.6 is 11.6 Å². The lowest BCUT2D eigenvalue weighted by Crippen LogP contribution is -2.27. The summed E-state index contributed by atoms with van der Waals surface area (Å²) in [7, 11) is 0. The molecule has 2 unspecified atom stereocenters. The number of carbonyl (C=O) groups is 1. The van der Waals surface area contributed by atoms with Crippen molar-refractivity contribution < 1.29 is 9.53 Å². The van der Waals surface area contributed by atoms with Crippen molar-refractivity contribution in [2.45, 2.75) is 17.6 Å². The van der Waals surface area contributed by atoms with E-state index in [9.17, 15) is 4.79 Å². The molecule has 3 heteroatoms. The minimum absolute atomic E-state index is 0.0481. The number of Topliss-reactive ketones (excluding diaryl/α,β-unsaturated/α-hetero) is 1. The predicted molar refractivity (Wildman–Crippen MR) is 41.4 cm³/mol. The van der Waals surface area contributed by atoms with Gasteiger partial charge in [0, 0.05) is 0 Å². The molecule has 1 saturated heterocycles. The molecule has 0 aromatic rings. The van der Waals surface area contributed by atoms with Crippen molar-refractivity contribution >= 4 is 17.4 Å². The van der Waals surface area contributed by atoms with E-state index in [2.05, 4.69) is 0 Å². The molecule has 1 aliphatic carbocycles. The largest absolute Gasteiger partial charge is 0.329 e. The molecule has 2 aliphatic rings.